The Hall–Kier alpha value is -2.80. The molecule has 0 spiro atoms. The van der Waals surface area contributed by atoms with Gasteiger partial charge >= 0.3 is 0 Å². The van der Waals surface area contributed by atoms with Crippen molar-refractivity contribution >= 4 is 32.6 Å². The molecule has 4 rings (SSSR count). The van der Waals surface area contributed by atoms with E-state index in [0.29, 0.717) is 18.0 Å². The van der Waals surface area contributed by atoms with Gasteiger partial charge in [-0.15, -0.1) is 11.3 Å². The predicted molar refractivity (Wildman–Crippen MR) is 114 cm³/mol. The first-order valence-corrected chi connectivity index (χ1v) is 10.3. The molecule has 0 aliphatic rings. The number of nitrogens with zero attached hydrogens (tertiary/aromatic N) is 3. The number of ether oxygens (including phenoxy) is 2. The van der Waals surface area contributed by atoms with Gasteiger partial charge in [0.1, 0.15) is 5.01 Å². The van der Waals surface area contributed by atoms with Gasteiger partial charge in [-0.05, 0) is 44.9 Å². The van der Waals surface area contributed by atoms with Gasteiger partial charge in [-0.3, -0.25) is 0 Å². The second-order valence-corrected chi connectivity index (χ2v) is 7.78. The lowest BCUT2D eigenvalue weighted by Crippen LogP contribution is -2.11. The van der Waals surface area contributed by atoms with Crippen molar-refractivity contribution < 1.29 is 13.9 Å². The molecule has 5 nitrogen and oxygen atoms in total. The van der Waals surface area contributed by atoms with Crippen LogP contribution in [-0.2, 0) is 0 Å². The maximum atomic E-state index is 14.5. The molecule has 0 unspecified atom stereocenters. The van der Waals surface area contributed by atoms with Crippen molar-refractivity contribution in [1.82, 2.24) is 15.0 Å². The van der Waals surface area contributed by atoms with Crippen LogP contribution in [0.4, 0.5) is 4.39 Å². The Balaban J connectivity index is 1.82. The summed E-state index contributed by atoms with van der Waals surface area (Å²) in [5.74, 6) is 0.304. The SMILES string of the molecule is C[CH][C@H](C)Oc1cc2sc(-c3cc(C)cc4nc(OCC)cnc34)nc2cc1F. The number of aromatic nitrogens is 3. The molecule has 0 fully saturated rings. The highest BCUT2D eigenvalue weighted by Gasteiger charge is 2.16. The maximum absolute atomic E-state index is 14.5. The number of thiazole rings is 1. The zero-order chi connectivity index (χ0) is 20.5. The standard InChI is InChI=1S/C22H21FN3O2S/c1-5-13(4)28-18-10-19-16(9-15(18)23)26-22(29-19)14-7-12(3)8-17-21(14)24-11-20(25-17)27-6-2/h5,7-11,13H,6H2,1-4H3/t13-/m0/s1. The van der Waals surface area contributed by atoms with Crippen LogP contribution in [0.3, 0.4) is 0 Å². The number of hydrogen-bond acceptors (Lipinski definition) is 6. The van der Waals surface area contributed by atoms with Gasteiger partial charge in [-0.2, -0.15) is 0 Å². The van der Waals surface area contributed by atoms with Crippen molar-refractivity contribution in [2.75, 3.05) is 6.61 Å². The molecule has 2 aromatic carbocycles. The highest BCUT2D eigenvalue weighted by atomic mass is 32.1. The fraction of sp³-hybridized carbons (Fsp3) is 0.273. The predicted octanol–water partition coefficient (Wildman–Crippen LogP) is 5.74. The van der Waals surface area contributed by atoms with Crippen molar-refractivity contribution in [3.05, 3.63) is 48.3 Å². The summed E-state index contributed by atoms with van der Waals surface area (Å²) in [4.78, 5) is 13.7. The Morgan fingerprint density at radius 2 is 2.00 bits per heavy atom. The smallest absolute Gasteiger partial charge is 0.232 e. The van der Waals surface area contributed by atoms with E-state index in [1.807, 2.05) is 46.2 Å². The lowest BCUT2D eigenvalue weighted by Gasteiger charge is -2.12. The first-order valence-electron chi connectivity index (χ1n) is 9.45. The third kappa shape index (κ3) is 3.87. The van der Waals surface area contributed by atoms with E-state index in [0.717, 1.165) is 31.9 Å². The van der Waals surface area contributed by atoms with Crippen LogP contribution in [0.5, 0.6) is 11.6 Å². The van der Waals surface area contributed by atoms with Crippen molar-refractivity contribution in [2.45, 2.75) is 33.8 Å². The Morgan fingerprint density at radius 1 is 1.17 bits per heavy atom. The summed E-state index contributed by atoms with van der Waals surface area (Å²) in [7, 11) is 0. The van der Waals surface area contributed by atoms with Crippen LogP contribution in [0.2, 0.25) is 0 Å². The van der Waals surface area contributed by atoms with Crippen molar-refractivity contribution in [2.24, 2.45) is 0 Å². The zero-order valence-electron chi connectivity index (χ0n) is 16.7. The Morgan fingerprint density at radius 3 is 2.76 bits per heavy atom. The molecule has 1 radical (unpaired) electrons. The molecule has 0 bridgehead atoms. The first kappa shape index (κ1) is 19.5. The van der Waals surface area contributed by atoms with E-state index in [9.17, 15) is 4.39 Å². The normalized spacial score (nSPS) is 12.4. The summed E-state index contributed by atoms with van der Waals surface area (Å²) in [6.07, 6.45) is 3.31. The molecule has 0 aliphatic heterocycles. The van der Waals surface area contributed by atoms with Gasteiger partial charge in [0.15, 0.2) is 11.6 Å². The second kappa shape index (κ2) is 7.91. The molecule has 2 aromatic heterocycles. The van der Waals surface area contributed by atoms with Crippen molar-refractivity contribution in [1.29, 1.82) is 0 Å². The van der Waals surface area contributed by atoms with Gasteiger partial charge in [0, 0.05) is 17.7 Å². The number of rotatable bonds is 6. The summed E-state index contributed by atoms with van der Waals surface area (Å²) in [5, 5.41) is 0.763. The molecule has 0 saturated heterocycles. The van der Waals surface area contributed by atoms with Crippen LogP contribution in [-0.4, -0.2) is 27.7 Å². The molecule has 0 saturated carbocycles. The topological polar surface area (TPSA) is 57.1 Å². The number of aryl methyl sites for hydroxylation is 1. The summed E-state index contributed by atoms with van der Waals surface area (Å²) in [6.45, 7) is 8.19. The monoisotopic (exact) mass is 410 g/mol. The van der Waals surface area contributed by atoms with E-state index in [2.05, 4.69) is 15.0 Å². The molecule has 1 atom stereocenters. The van der Waals surface area contributed by atoms with Gasteiger partial charge in [0.05, 0.1) is 40.2 Å². The highest BCUT2D eigenvalue weighted by Crippen LogP contribution is 2.37. The third-order valence-electron chi connectivity index (χ3n) is 4.52. The van der Waals surface area contributed by atoms with E-state index in [-0.39, 0.29) is 11.9 Å². The number of halogens is 1. The Kier molecular flexibility index (Phi) is 5.32. The lowest BCUT2D eigenvalue weighted by atomic mass is 10.1. The minimum absolute atomic E-state index is 0.176. The number of hydrogen-bond donors (Lipinski definition) is 0. The van der Waals surface area contributed by atoms with Crippen LogP contribution in [0.25, 0.3) is 31.8 Å². The maximum Gasteiger partial charge on any atom is 0.232 e. The van der Waals surface area contributed by atoms with Gasteiger partial charge in [-0.1, -0.05) is 6.92 Å². The molecule has 2 heterocycles. The third-order valence-corrected chi connectivity index (χ3v) is 5.57. The van der Waals surface area contributed by atoms with E-state index in [1.165, 1.54) is 17.4 Å². The molecular formula is C22H21FN3O2S. The molecular weight excluding hydrogens is 389 g/mol. The number of benzene rings is 2. The van der Waals surface area contributed by atoms with Gasteiger partial charge in [-0.25, -0.2) is 19.3 Å². The van der Waals surface area contributed by atoms with Crippen molar-refractivity contribution in [3.63, 3.8) is 0 Å². The first-order chi connectivity index (χ1) is 14.0. The van der Waals surface area contributed by atoms with Crippen LogP contribution >= 0.6 is 11.3 Å². The summed E-state index contributed by atoms with van der Waals surface area (Å²) >= 11 is 1.48. The highest BCUT2D eigenvalue weighted by molar-refractivity contribution is 7.21. The Labute approximate surface area is 172 Å². The van der Waals surface area contributed by atoms with E-state index in [1.54, 1.807) is 12.3 Å². The summed E-state index contributed by atoms with van der Waals surface area (Å²) in [6, 6.07) is 7.12. The van der Waals surface area contributed by atoms with Crippen molar-refractivity contribution in [3.8, 4) is 22.2 Å². The molecule has 4 aromatic rings. The van der Waals surface area contributed by atoms with Gasteiger partial charge in [0.2, 0.25) is 5.88 Å². The molecule has 0 aliphatic carbocycles. The van der Waals surface area contributed by atoms with Crippen LogP contribution in [0.15, 0.2) is 30.5 Å². The van der Waals surface area contributed by atoms with E-state index in [4.69, 9.17) is 9.47 Å². The van der Waals surface area contributed by atoms with Crippen LogP contribution < -0.4 is 9.47 Å². The summed E-state index contributed by atoms with van der Waals surface area (Å²) in [5.41, 5.74) is 3.99. The lowest BCUT2D eigenvalue weighted by molar-refractivity contribution is 0.243. The minimum Gasteiger partial charge on any atom is -0.487 e. The van der Waals surface area contributed by atoms with E-state index >= 15 is 0 Å². The zero-order valence-corrected chi connectivity index (χ0v) is 17.5. The number of fused-ring (bicyclic) bond motifs is 2. The second-order valence-electron chi connectivity index (χ2n) is 6.75. The van der Waals surface area contributed by atoms with Gasteiger partial charge < -0.3 is 9.47 Å². The van der Waals surface area contributed by atoms with E-state index < -0.39 is 5.82 Å². The molecule has 149 valence electrons. The Bertz CT molecular complexity index is 1190. The molecule has 0 N–H and O–H groups in total. The molecule has 29 heavy (non-hydrogen) atoms. The van der Waals surface area contributed by atoms with Gasteiger partial charge in [0.25, 0.3) is 0 Å². The average molecular weight is 410 g/mol. The quantitative estimate of drug-likeness (QED) is 0.405. The minimum atomic E-state index is -0.418. The molecule has 7 heteroatoms. The largest absolute Gasteiger partial charge is 0.487 e. The average Bonchev–Trinajstić information content (AvgIpc) is 3.10. The van der Waals surface area contributed by atoms with Crippen LogP contribution in [0, 0.1) is 19.2 Å². The summed E-state index contributed by atoms with van der Waals surface area (Å²) < 4.78 is 26.4. The molecule has 0 amide bonds. The fourth-order valence-corrected chi connectivity index (χ4v) is 4.02. The fourth-order valence-electron chi connectivity index (χ4n) is 3.03. The van der Waals surface area contributed by atoms with Crippen LogP contribution in [0.1, 0.15) is 26.3 Å².